The second-order valence-corrected chi connectivity index (χ2v) is 2.84. The molecule has 0 aliphatic carbocycles. The van der Waals surface area contributed by atoms with Crippen LogP contribution in [0.25, 0.3) is 0 Å². The van der Waals surface area contributed by atoms with Gasteiger partial charge in [-0.3, -0.25) is 0 Å². The van der Waals surface area contributed by atoms with Crippen molar-refractivity contribution in [3.8, 4) is 0 Å². The lowest BCUT2D eigenvalue weighted by atomic mass is 10.3. The fourth-order valence-electron chi connectivity index (χ4n) is 0.859. The number of hydrogen-bond acceptors (Lipinski definition) is 1. The first-order valence-electron chi connectivity index (χ1n) is 3.18. The molecule has 1 aromatic heterocycles. The lowest BCUT2D eigenvalue weighted by Gasteiger charge is -1.95. The Morgan fingerprint density at radius 1 is 1.50 bits per heavy atom. The van der Waals surface area contributed by atoms with Gasteiger partial charge >= 0.3 is 4.77 Å². The summed E-state index contributed by atoms with van der Waals surface area (Å²) in [5.41, 5.74) is 2.29. The summed E-state index contributed by atoms with van der Waals surface area (Å²) in [6.45, 7) is 4.04. The van der Waals surface area contributed by atoms with E-state index in [2.05, 4.69) is 11.1 Å². The molecule has 0 saturated heterocycles. The predicted octanol–water partition coefficient (Wildman–Crippen LogP) is 1.19. The summed E-state index contributed by atoms with van der Waals surface area (Å²) in [4.78, 5) is 3.06. The van der Waals surface area contributed by atoms with Crippen molar-refractivity contribution in [3.63, 3.8) is 0 Å². The lowest BCUT2D eigenvalue weighted by molar-refractivity contribution is -0.687. The molecule has 0 spiro atoms. The number of rotatable bonds is 0. The second-order valence-electron chi connectivity index (χ2n) is 2.46. The van der Waals surface area contributed by atoms with E-state index in [9.17, 15) is 0 Å². The van der Waals surface area contributed by atoms with Gasteiger partial charge in [-0.2, -0.15) is 0 Å². The number of nitrogens with zero attached hydrogens (tertiary/aromatic N) is 1. The number of nitrogens with one attached hydrogen (secondary N) is 1. The molecule has 0 bridgehead atoms. The Hall–Kier alpha value is -0.700. The van der Waals surface area contributed by atoms with Gasteiger partial charge in [0.1, 0.15) is 11.4 Å². The van der Waals surface area contributed by atoms with Crippen molar-refractivity contribution in [2.24, 2.45) is 7.05 Å². The summed E-state index contributed by atoms with van der Waals surface area (Å²) in [6, 6.07) is 2.07. The molecule has 0 aromatic carbocycles. The van der Waals surface area contributed by atoms with Crippen LogP contribution in [0.5, 0.6) is 0 Å². The minimum atomic E-state index is 0.775. The van der Waals surface area contributed by atoms with Crippen LogP contribution in [-0.4, -0.2) is 4.98 Å². The highest BCUT2D eigenvalue weighted by atomic mass is 32.1. The molecule has 0 radical (unpaired) electrons. The number of aryl methyl sites for hydroxylation is 2. The normalized spacial score (nSPS) is 9.90. The van der Waals surface area contributed by atoms with Gasteiger partial charge in [-0.1, -0.05) is 0 Å². The van der Waals surface area contributed by atoms with Crippen molar-refractivity contribution < 1.29 is 4.57 Å². The Morgan fingerprint density at radius 2 is 2.10 bits per heavy atom. The third-order valence-corrected chi connectivity index (χ3v) is 1.94. The highest BCUT2D eigenvalue weighted by Gasteiger charge is 1.99. The Balaban J connectivity index is 3.46. The van der Waals surface area contributed by atoms with E-state index in [0.29, 0.717) is 0 Å². The lowest BCUT2D eigenvalue weighted by Crippen LogP contribution is -2.34. The van der Waals surface area contributed by atoms with E-state index in [0.717, 1.165) is 10.5 Å². The number of aromatic nitrogens is 2. The third kappa shape index (κ3) is 1.24. The van der Waals surface area contributed by atoms with Crippen LogP contribution in [0.2, 0.25) is 0 Å². The molecule has 0 amide bonds. The molecule has 3 heteroatoms. The SMILES string of the molecule is Cc1cc(C)[n+](C)c(=S)[nH]1. The van der Waals surface area contributed by atoms with Gasteiger partial charge in [0.25, 0.3) is 0 Å². The molecule has 1 rings (SSSR count). The molecule has 0 aliphatic rings. The van der Waals surface area contributed by atoms with Crippen LogP contribution in [0, 0.1) is 18.6 Å². The Bertz CT molecular complexity index is 301. The summed E-state index contributed by atoms with van der Waals surface area (Å²) in [7, 11) is 1.95. The van der Waals surface area contributed by atoms with Crippen LogP contribution in [0.1, 0.15) is 11.4 Å². The standard InChI is InChI=1S/C7H10N2S/c1-5-4-6(2)9(3)7(10)8-5/h4H,1-3H3/p+1. The van der Waals surface area contributed by atoms with Gasteiger partial charge in [0.05, 0.1) is 7.05 Å². The molecule has 54 valence electrons. The quantitative estimate of drug-likeness (QED) is 0.440. The van der Waals surface area contributed by atoms with Crippen LogP contribution in [0.3, 0.4) is 0 Å². The minimum Gasteiger partial charge on any atom is -0.235 e. The van der Waals surface area contributed by atoms with Gasteiger partial charge in [-0.05, 0) is 13.8 Å². The van der Waals surface area contributed by atoms with Crippen molar-refractivity contribution in [1.82, 2.24) is 4.98 Å². The van der Waals surface area contributed by atoms with E-state index < -0.39 is 0 Å². The van der Waals surface area contributed by atoms with Crippen molar-refractivity contribution >= 4 is 12.2 Å². The van der Waals surface area contributed by atoms with E-state index >= 15 is 0 Å². The topological polar surface area (TPSA) is 19.7 Å². The van der Waals surface area contributed by atoms with Crippen LogP contribution in [0.15, 0.2) is 6.07 Å². The molecule has 10 heavy (non-hydrogen) atoms. The minimum absolute atomic E-state index is 0.775. The van der Waals surface area contributed by atoms with Crippen molar-refractivity contribution in [2.75, 3.05) is 0 Å². The number of hydrogen-bond donors (Lipinski definition) is 1. The Kier molecular flexibility index (Phi) is 1.85. The largest absolute Gasteiger partial charge is 0.348 e. The van der Waals surface area contributed by atoms with Crippen molar-refractivity contribution in [3.05, 3.63) is 22.2 Å². The van der Waals surface area contributed by atoms with Crippen molar-refractivity contribution in [1.29, 1.82) is 0 Å². The zero-order chi connectivity index (χ0) is 7.72. The Labute approximate surface area is 65.5 Å². The maximum absolute atomic E-state index is 5.04. The van der Waals surface area contributed by atoms with E-state index in [1.807, 2.05) is 25.5 Å². The van der Waals surface area contributed by atoms with Gasteiger partial charge in [-0.25, -0.2) is 9.55 Å². The van der Waals surface area contributed by atoms with Gasteiger partial charge < -0.3 is 0 Å². The highest BCUT2D eigenvalue weighted by Crippen LogP contribution is 1.91. The second kappa shape index (κ2) is 2.50. The zero-order valence-electron chi connectivity index (χ0n) is 6.43. The highest BCUT2D eigenvalue weighted by molar-refractivity contribution is 7.71. The maximum atomic E-state index is 5.04. The first-order chi connectivity index (χ1) is 4.61. The molecule has 0 fully saturated rings. The third-order valence-electron chi connectivity index (χ3n) is 1.56. The van der Waals surface area contributed by atoms with Crippen LogP contribution >= 0.6 is 12.2 Å². The van der Waals surface area contributed by atoms with Crippen LogP contribution in [-0.2, 0) is 7.05 Å². The number of H-pyrrole nitrogens is 1. The van der Waals surface area contributed by atoms with Gasteiger partial charge in [0.15, 0.2) is 0 Å². The average molecular weight is 155 g/mol. The summed E-state index contributed by atoms with van der Waals surface area (Å²) in [5, 5.41) is 0. The molecule has 0 unspecified atom stereocenters. The first kappa shape index (κ1) is 7.41. The smallest absolute Gasteiger partial charge is 0.235 e. The average Bonchev–Trinajstić information content (AvgIpc) is 1.82. The summed E-state index contributed by atoms with van der Waals surface area (Å²) in [5.74, 6) is 0. The molecule has 1 aromatic rings. The molecule has 0 atom stereocenters. The van der Waals surface area contributed by atoms with Crippen molar-refractivity contribution in [2.45, 2.75) is 13.8 Å². The van der Waals surface area contributed by atoms with Crippen LogP contribution in [0.4, 0.5) is 0 Å². The molecule has 1 N–H and O–H groups in total. The fourth-order valence-corrected chi connectivity index (χ4v) is 1.16. The fraction of sp³-hybridized carbons (Fsp3) is 0.429. The molecular formula is C7H11N2S+. The van der Waals surface area contributed by atoms with Gasteiger partial charge in [-0.15, -0.1) is 0 Å². The van der Waals surface area contributed by atoms with E-state index in [1.54, 1.807) is 0 Å². The zero-order valence-corrected chi connectivity index (χ0v) is 7.25. The maximum Gasteiger partial charge on any atom is 0.348 e. The first-order valence-corrected chi connectivity index (χ1v) is 3.58. The summed E-state index contributed by atoms with van der Waals surface area (Å²) < 4.78 is 2.72. The monoisotopic (exact) mass is 155 g/mol. The molecule has 1 heterocycles. The molecule has 0 aliphatic heterocycles. The van der Waals surface area contributed by atoms with Gasteiger partial charge in [0, 0.05) is 18.3 Å². The summed E-state index contributed by atoms with van der Waals surface area (Å²) >= 11 is 5.04. The summed E-state index contributed by atoms with van der Waals surface area (Å²) in [6.07, 6.45) is 0. The van der Waals surface area contributed by atoms with Gasteiger partial charge in [0.2, 0.25) is 0 Å². The van der Waals surface area contributed by atoms with E-state index in [1.165, 1.54) is 5.69 Å². The van der Waals surface area contributed by atoms with E-state index in [4.69, 9.17) is 12.2 Å². The Morgan fingerprint density at radius 3 is 2.60 bits per heavy atom. The van der Waals surface area contributed by atoms with Crippen LogP contribution < -0.4 is 4.57 Å². The number of aromatic amines is 1. The predicted molar refractivity (Wildman–Crippen MR) is 42.3 cm³/mol. The molecular weight excluding hydrogens is 144 g/mol. The molecule has 2 nitrogen and oxygen atoms in total. The molecule has 0 saturated carbocycles. The van der Waals surface area contributed by atoms with E-state index in [-0.39, 0.29) is 0 Å².